The Morgan fingerprint density at radius 3 is 2.90 bits per heavy atom. The average molecular weight is 296 g/mol. The number of aromatic amines is 1. The fourth-order valence-electron chi connectivity index (χ4n) is 1.35. The molecule has 0 saturated heterocycles. The van der Waals surface area contributed by atoms with Gasteiger partial charge in [0.25, 0.3) is 0 Å². The van der Waals surface area contributed by atoms with Crippen molar-refractivity contribution in [2.24, 2.45) is 0 Å². The standard InChI is InChI=1S/C10H12N6O3S/c17-9(18)6-4-20-8(15-6)3-12-10(19)11-2-1-7-13-5-14-16-7/h4-5H,1-3H2,(H,17,18)(H2,11,12,19)(H,13,14,16). The third kappa shape index (κ3) is 4.02. The molecule has 0 radical (unpaired) electrons. The van der Waals surface area contributed by atoms with Gasteiger partial charge in [-0.05, 0) is 0 Å². The summed E-state index contributed by atoms with van der Waals surface area (Å²) in [5.41, 5.74) is -0.0162. The molecule has 2 heterocycles. The van der Waals surface area contributed by atoms with Gasteiger partial charge in [0, 0.05) is 18.3 Å². The van der Waals surface area contributed by atoms with Crippen molar-refractivity contribution in [1.82, 2.24) is 30.8 Å². The highest BCUT2D eigenvalue weighted by Crippen LogP contribution is 2.09. The number of urea groups is 1. The van der Waals surface area contributed by atoms with Crippen molar-refractivity contribution in [3.63, 3.8) is 0 Å². The number of rotatable bonds is 6. The predicted octanol–water partition coefficient (Wildman–Crippen LogP) is 0.00130. The molecular formula is C10H12N6O3S. The van der Waals surface area contributed by atoms with Crippen molar-refractivity contribution >= 4 is 23.3 Å². The second-order valence-corrected chi connectivity index (χ2v) is 4.67. The summed E-state index contributed by atoms with van der Waals surface area (Å²) in [4.78, 5) is 29.9. The van der Waals surface area contributed by atoms with Gasteiger partial charge in [-0.1, -0.05) is 0 Å². The fraction of sp³-hybridized carbons (Fsp3) is 0.300. The lowest BCUT2D eigenvalue weighted by atomic mass is 10.4. The summed E-state index contributed by atoms with van der Waals surface area (Å²) in [5, 5.41) is 22.3. The summed E-state index contributed by atoms with van der Waals surface area (Å²) in [6.07, 6.45) is 1.95. The minimum atomic E-state index is -1.08. The van der Waals surface area contributed by atoms with Gasteiger partial charge in [0.15, 0.2) is 5.69 Å². The third-order valence-corrected chi connectivity index (χ3v) is 3.13. The maximum Gasteiger partial charge on any atom is 0.355 e. The van der Waals surface area contributed by atoms with Gasteiger partial charge in [0.05, 0.1) is 6.54 Å². The second kappa shape index (κ2) is 6.61. The molecule has 2 rings (SSSR count). The van der Waals surface area contributed by atoms with Gasteiger partial charge in [-0.3, -0.25) is 5.10 Å². The molecule has 0 bridgehead atoms. The molecule has 0 aromatic carbocycles. The number of aromatic carboxylic acids is 1. The highest BCUT2D eigenvalue weighted by molar-refractivity contribution is 7.09. The molecule has 0 spiro atoms. The average Bonchev–Trinajstić information content (AvgIpc) is 3.07. The maximum atomic E-state index is 11.5. The first-order valence-electron chi connectivity index (χ1n) is 5.69. The highest BCUT2D eigenvalue weighted by Gasteiger charge is 2.09. The van der Waals surface area contributed by atoms with E-state index in [4.69, 9.17) is 5.11 Å². The molecule has 106 valence electrons. The molecule has 2 aromatic rings. The van der Waals surface area contributed by atoms with E-state index in [0.29, 0.717) is 23.8 Å². The van der Waals surface area contributed by atoms with Gasteiger partial charge >= 0.3 is 12.0 Å². The molecule has 2 aromatic heterocycles. The minimum absolute atomic E-state index is 0.0162. The number of amides is 2. The molecule has 0 aliphatic heterocycles. The normalized spacial score (nSPS) is 10.2. The number of H-pyrrole nitrogens is 1. The van der Waals surface area contributed by atoms with Gasteiger partial charge in [0.2, 0.25) is 0 Å². The van der Waals surface area contributed by atoms with Gasteiger partial charge in [-0.25, -0.2) is 19.6 Å². The van der Waals surface area contributed by atoms with Crippen LogP contribution >= 0.6 is 11.3 Å². The number of carbonyl (C=O) groups is 2. The highest BCUT2D eigenvalue weighted by atomic mass is 32.1. The van der Waals surface area contributed by atoms with Crippen LogP contribution in [0.5, 0.6) is 0 Å². The molecule has 20 heavy (non-hydrogen) atoms. The van der Waals surface area contributed by atoms with E-state index in [1.807, 2.05) is 0 Å². The zero-order valence-corrected chi connectivity index (χ0v) is 11.1. The Hall–Kier alpha value is -2.49. The molecule has 0 fully saturated rings. The first-order chi connectivity index (χ1) is 9.65. The van der Waals surface area contributed by atoms with Gasteiger partial charge in [0.1, 0.15) is 17.2 Å². The number of carboxylic acids is 1. The number of nitrogens with one attached hydrogen (secondary N) is 3. The lowest BCUT2D eigenvalue weighted by Gasteiger charge is -2.04. The molecule has 10 heteroatoms. The summed E-state index contributed by atoms with van der Waals surface area (Å²) in [6, 6.07) is -0.350. The molecule has 2 amide bonds. The Bertz CT molecular complexity index is 582. The van der Waals surface area contributed by atoms with Crippen LogP contribution in [0, 0.1) is 0 Å². The van der Waals surface area contributed by atoms with E-state index in [1.165, 1.54) is 23.0 Å². The zero-order chi connectivity index (χ0) is 14.4. The molecule has 0 aliphatic rings. The van der Waals surface area contributed by atoms with E-state index in [2.05, 4.69) is 30.8 Å². The van der Waals surface area contributed by atoms with E-state index in [1.54, 1.807) is 0 Å². The lowest BCUT2D eigenvalue weighted by Crippen LogP contribution is -2.36. The van der Waals surface area contributed by atoms with Crippen molar-refractivity contribution < 1.29 is 14.7 Å². The molecule has 0 atom stereocenters. The number of aromatic nitrogens is 4. The lowest BCUT2D eigenvalue weighted by molar-refractivity contribution is 0.0691. The Kier molecular flexibility index (Phi) is 4.60. The first-order valence-corrected chi connectivity index (χ1v) is 6.57. The van der Waals surface area contributed by atoms with Crippen LogP contribution in [0.2, 0.25) is 0 Å². The van der Waals surface area contributed by atoms with E-state index in [0.717, 1.165) is 0 Å². The largest absolute Gasteiger partial charge is 0.476 e. The van der Waals surface area contributed by atoms with Gasteiger partial charge in [-0.15, -0.1) is 11.3 Å². The third-order valence-electron chi connectivity index (χ3n) is 2.28. The minimum Gasteiger partial charge on any atom is -0.476 e. The SMILES string of the molecule is O=C(NCCc1ncn[nH]1)NCc1nc(C(=O)O)cs1. The number of hydrogen-bond donors (Lipinski definition) is 4. The van der Waals surface area contributed by atoms with E-state index < -0.39 is 5.97 Å². The number of carboxylic acid groups (broad SMARTS) is 1. The number of carbonyl (C=O) groups excluding carboxylic acids is 1. The van der Waals surface area contributed by atoms with Crippen LogP contribution in [0.3, 0.4) is 0 Å². The van der Waals surface area contributed by atoms with Gasteiger partial charge < -0.3 is 15.7 Å². The Labute approximate surface area is 117 Å². The van der Waals surface area contributed by atoms with Crippen molar-refractivity contribution in [1.29, 1.82) is 0 Å². The molecule has 4 N–H and O–H groups in total. The summed E-state index contributed by atoms with van der Waals surface area (Å²) in [6.45, 7) is 0.603. The summed E-state index contributed by atoms with van der Waals surface area (Å²) >= 11 is 1.18. The second-order valence-electron chi connectivity index (χ2n) is 3.72. The van der Waals surface area contributed by atoms with Crippen LogP contribution in [0.4, 0.5) is 4.79 Å². The number of nitrogens with zero attached hydrogens (tertiary/aromatic N) is 3. The van der Waals surface area contributed by atoms with Crippen LogP contribution in [0.1, 0.15) is 21.3 Å². The number of thiazole rings is 1. The molecule has 0 unspecified atom stereocenters. The topological polar surface area (TPSA) is 133 Å². The molecule has 0 saturated carbocycles. The van der Waals surface area contributed by atoms with E-state index in [-0.39, 0.29) is 18.3 Å². The molecule has 0 aliphatic carbocycles. The molecular weight excluding hydrogens is 284 g/mol. The first kappa shape index (κ1) is 13.9. The Morgan fingerprint density at radius 2 is 2.25 bits per heavy atom. The van der Waals surface area contributed by atoms with Crippen molar-refractivity contribution in [2.45, 2.75) is 13.0 Å². The van der Waals surface area contributed by atoms with Crippen LogP contribution in [-0.2, 0) is 13.0 Å². The smallest absolute Gasteiger partial charge is 0.355 e. The van der Waals surface area contributed by atoms with E-state index >= 15 is 0 Å². The Balaban J connectivity index is 1.67. The van der Waals surface area contributed by atoms with Crippen LogP contribution in [0.25, 0.3) is 0 Å². The summed E-state index contributed by atoms with van der Waals surface area (Å²) in [5.74, 6) is -0.389. The maximum absolute atomic E-state index is 11.5. The van der Waals surface area contributed by atoms with Gasteiger partial charge in [-0.2, -0.15) is 5.10 Å². The predicted molar refractivity (Wildman–Crippen MR) is 69.4 cm³/mol. The number of hydrogen-bond acceptors (Lipinski definition) is 6. The van der Waals surface area contributed by atoms with E-state index in [9.17, 15) is 9.59 Å². The monoisotopic (exact) mass is 296 g/mol. The van der Waals surface area contributed by atoms with Crippen LogP contribution in [0.15, 0.2) is 11.7 Å². The van der Waals surface area contributed by atoms with Crippen LogP contribution < -0.4 is 10.6 Å². The quantitative estimate of drug-likeness (QED) is 0.593. The summed E-state index contributed by atoms with van der Waals surface area (Å²) < 4.78 is 0. The van der Waals surface area contributed by atoms with Crippen molar-refractivity contribution in [3.05, 3.63) is 28.2 Å². The Morgan fingerprint density at radius 1 is 1.40 bits per heavy atom. The fourth-order valence-corrected chi connectivity index (χ4v) is 2.06. The van der Waals surface area contributed by atoms with Crippen LogP contribution in [-0.4, -0.2) is 43.8 Å². The zero-order valence-electron chi connectivity index (χ0n) is 10.3. The summed E-state index contributed by atoms with van der Waals surface area (Å²) in [7, 11) is 0. The van der Waals surface area contributed by atoms with Crippen molar-refractivity contribution in [2.75, 3.05) is 6.54 Å². The van der Waals surface area contributed by atoms with Crippen molar-refractivity contribution in [3.8, 4) is 0 Å². The molecule has 9 nitrogen and oxygen atoms in total.